The predicted molar refractivity (Wildman–Crippen MR) is 122 cm³/mol. The minimum absolute atomic E-state index is 0.0703. The molecule has 0 fully saturated rings. The second-order valence-electron chi connectivity index (χ2n) is 7.60. The highest BCUT2D eigenvalue weighted by Gasteiger charge is 2.73. The maximum absolute atomic E-state index is 14.4. The number of hydrogen-bond donors (Lipinski definition) is 2. The molecule has 0 bridgehead atoms. The third-order valence-electron chi connectivity index (χ3n) is 5.14. The molecule has 0 aliphatic heterocycles. The number of aryl methyl sites for hydroxylation is 2. The average Bonchev–Trinajstić information content (AvgIpc) is 3.43. The monoisotopic (exact) mass is 554 g/mol. The van der Waals surface area contributed by atoms with E-state index < -0.39 is 35.4 Å². The summed E-state index contributed by atoms with van der Waals surface area (Å²) < 4.78 is 98.2. The lowest BCUT2D eigenvalue weighted by Crippen LogP contribution is -2.50. The summed E-state index contributed by atoms with van der Waals surface area (Å²) in [5.41, 5.74) is -7.35. The number of benzene rings is 1. The van der Waals surface area contributed by atoms with E-state index in [9.17, 15) is 40.3 Å². The highest BCUT2D eigenvalue weighted by Crippen LogP contribution is 2.53. The zero-order chi connectivity index (χ0) is 27.1. The quantitative estimate of drug-likeness (QED) is 0.316. The number of nitrogens with one attached hydrogen (secondary N) is 2. The number of halogens is 7. The summed E-state index contributed by atoms with van der Waals surface area (Å²) in [6, 6.07) is 2.14. The van der Waals surface area contributed by atoms with E-state index in [2.05, 4.69) is 10.6 Å². The Balaban J connectivity index is 1.82. The molecule has 0 aliphatic carbocycles. The van der Waals surface area contributed by atoms with Crippen LogP contribution in [0.3, 0.4) is 0 Å². The Bertz CT molecular complexity index is 1260. The molecular formula is C22H17F7N2O3S2. The zero-order valence-corrected chi connectivity index (χ0v) is 20.3. The highest BCUT2D eigenvalue weighted by molar-refractivity contribution is 7.14. The van der Waals surface area contributed by atoms with Gasteiger partial charge in [0.25, 0.3) is 11.8 Å². The van der Waals surface area contributed by atoms with Crippen LogP contribution in [0.1, 0.15) is 37.4 Å². The van der Waals surface area contributed by atoms with Crippen molar-refractivity contribution in [2.24, 2.45) is 0 Å². The van der Waals surface area contributed by atoms with E-state index in [4.69, 9.17) is 4.74 Å². The summed E-state index contributed by atoms with van der Waals surface area (Å²) in [7, 11) is 1.41. The van der Waals surface area contributed by atoms with Gasteiger partial charge in [0, 0.05) is 27.4 Å². The number of methoxy groups -OCH3 is 1. The SMILES string of the molecule is COc1cscc1C(=O)Nc1cc(C(=O)Nc2c(C)cc(C(F)(C(F)(F)F)C(F)(F)F)cc2C)cs1. The maximum Gasteiger partial charge on any atom is 0.435 e. The van der Waals surface area contributed by atoms with Crippen LogP contribution in [-0.4, -0.2) is 31.3 Å². The highest BCUT2D eigenvalue weighted by atomic mass is 32.1. The van der Waals surface area contributed by atoms with E-state index in [1.807, 2.05) is 0 Å². The van der Waals surface area contributed by atoms with E-state index in [-0.39, 0.29) is 27.9 Å². The number of hydrogen-bond acceptors (Lipinski definition) is 5. The summed E-state index contributed by atoms with van der Waals surface area (Å²) in [5.74, 6) is -0.847. The number of carbonyl (C=O) groups is 2. The van der Waals surface area contributed by atoms with Crippen molar-refractivity contribution in [1.29, 1.82) is 0 Å². The Morgan fingerprint density at radius 1 is 0.833 bits per heavy atom. The molecule has 2 amide bonds. The van der Waals surface area contributed by atoms with Crippen molar-refractivity contribution in [2.75, 3.05) is 17.7 Å². The molecule has 2 N–H and O–H groups in total. The summed E-state index contributed by atoms with van der Waals surface area (Å²) in [5, 5.41) is 9.93. The number of alkyl halides is 7. The second kappa shape index (κ2) is 9.73. The Kier molecular flexibility index (Phi) is 7.42. The van der Waals surface area contributed by atoms with Gasteiger partial charge in [0.1, 0.15) is 5.75 Å². The van der Waals surface area contributed by atoms with Crippen molar-refractivity contribution in [3.05, 3.63) is 62.2 Å². The first-order chi connectivity index (χ1) is 16.6. The first-order valence-electron chi connectivity index (χ1n) is 9.85. The molecule has 2 aromatic heterocycles. The van der Waals surface area contributed by atoms with Crippen LogP contribution < -0.4 is 15.4 Å². The molecule has 36 heavy (non-hydrogen) atoms. The molecule has 0 atom stereocenters. The van der Waals surface area contributed by atoms with Crippen LogP contribution in [0.2, 0.25) is 0 Å². The third kappa shape index (κ3) is 5.05. The van der Waals surface area contributed by atoms with Gasteiger partial charge >= 0.3 is 18.0 Å². The minimum Gasteiger partial charge on any atom is -0.495 e. The Labute approximate surface area is 207 Å². The number of carbonyl (C=O) groups excluding carboxylic acids is 2. The van der Waals surface area contributed by atoms with E-state index >= 15 is 0 Å². The van der Waals surface area contributed by atoms with Crippen molar-refractivity contribution in [3.8, 4) is 5.75 Å². The van der Waals surface area contributed by atoms with Gasteiger partial charge in [0.15, 0.2) is 0 Å². The molecule has 0 radical (unpaired) electrons. The van der Waals surface area contributed by atoms with E-state index in [1.54, 1.807) is 10.8 Å². The van der Waals surface area contributed by atoms with E-state index in [1.165, 1.54) is 29.9 Å². The minimum atomic E-state index is -6.25. The van der Waals surface area contributed by atoms with Crippen molar-refractivity contribution >= 4 is 45.2 Å². The van der Waals surface area contributed by atoms with Gasteiger partial charge in [-0.25, -0.2) is 4.39 Å². The van der Waals surface area contributed by atoms with Gasteiger partial charge in [-0.2, -0.15) is 26.3 Å². The molecule has 0 saturated heterocycles. The lowest BCUT2D eigenvalue weighted by molar-refractivity contribution is -0.348. The molecule has 0 aliphatic rings. The van der Waals surface area contributed by atoms with Gasteiger partial charge < -0.3 is 15.4 Å². The first-order valence-corrected chi connectivity index (χ1v) is 11.7. The Morgan fingerprint density at radius 3 is 1.94 bits per heavy atom. The molecule has 14 heteroatoms. The lowest BCUT2D eigenvalue weighted by atomic mass is 9.90. The fraction of sp³-hybridized carbons (Fsp3) is 0.273. The molecule has 3 rings (SSSR count). The zero-order valence-electron chi connectivity index (χ0n) is 18.7. The fourth-order valence-electron chi connectivity index (χ4n) is 3.34. The van der Waals surface area contributed by atoms with Crippen LogP contribution in [0.5, 0.6) is 5.75 Å². The van der Waals surface area contributed by atoms with Crippen LogP contribution in [0, 0.1) is 13.8 Å². The van der Waals surface area contributed by atoms with E-state index in [0.29, 0.717) is 22.9 Å². The number of rotatable bonds is 6. The van der Waals surface area contributed by atoms with Crippen LogP contribution in [0.4, 0.5) is 41.4 Å². The van der Waals surface area contributed by atoms with Crippen molar-refractivity contribution in [3.63, 3.8) is 0 Å². The van der Waals surface area contributed by atoms with Gasteiger partial charge in [-0.05, 0) is 31.0 Å². The van der Waals surface area contributed by atoms with Crippen molar-refractivity contribution in [2.45, 2.75) is 31.9 Å². The molecule has 3 aromatic rings. The fourth-order valence-corrected chi connectivity index (χ4v) is 4.89. The molecule has 0 spiro atoms. The maximum atomic E-state index is 14.4. The molecule has 5 nitrogen and oxygen atoms in total. The predicted octanol–water partition coefficient (Wildman–Crippen LogP) is 7.23. The van der Waals surface area contributed by atoms with Crippen molar-refractivity contribution < 1.29 is 45.1 Å². The molecule has 0 unspecified atom stereocenters. The standard InChI is InChI=1S/C22H17F7N2O3S2/c1-10-4-13(20(23,21(24,25)26)22(27,28)29)5-11(2)17(10)31-18(32)12-6-16(36-7-12)30-19(33)14-8-35-9-15(14)34-3/h4-9H,1-3H3,(H,30,33)(H,31,32). The van der Waals surface area contributed by atoms with Crippen LogP contribution >= 0.6 is 22.7 Å². The van der Waals surface area contributed by atoms with Crippen molar-refractivity contribution in [1.82, 2.24) is 0 Å². The van der Waals surface area contributed by atoms with Crippen LogP contribution in [-0.2, 0) is 5.67 Å². The summed E-state index contributed by atoms with van der Waals surface area (Å²) >= 11 is 2.27. The number of amides is 2. The molecular weight excluding hydrogens is 537 g/mol. The first kappa shape index (κ1) is 27.5. The van der Waals surface area contributed by atoms with Gasteiger partial charge in [0.2, 0.25) is 0 Å². The normalized spacial score (nSPS) is 12.4. The van der Waals surface area contributed by atoms with Gasteiger partial charge in [-0.15, -0.1) is 22.7 Å². The number of anilines is 2. The molecule has 2 heterocycles. The van der Waals surface area contributed by atoms with Gasteiger partial charge in [-0.1, -0.05) is 12.1 Å². The molecule has 194 valence electrons. The summed E-state index contributed by atoms with van der Waals surface area (Å²) in [6.45, 7) is 2.29. The summed E-state index contributed by atoms with van der Waals surface area (Å²) in [4.78, 5) is 25.1. The number of thiophene rings is 2. The Morgan fingerprint density at radius 2 is 1.42 bits per heavy atom. The Hall–Kier alpha value is -3.13. The van der Waals surface area contributed by atoms with Crippen LogP contribution in [0.25, 0.3) is 0 Å². The smallest absolute Gasteiger partial charge is 0.435 e. The third-order valence-corrected chi connectivity index (χ3v) is 6.71. The van der Waals surface area contributed by atoms with Gasteiger partial charge in [0.05, 0.1) is 23.2 Å². The summed E-state index contributed by atoms with van der Waals surface area (Å²) in [6.07, 6.45) is -12.5. The van der Waals surface area contributed by atoms with Crippen LogP contribution in [0.15, 0.2) is 34.3 Å². The molecule has 0 saturated carbocycles. The molecule has 1 aromatic carbocycles. The average molecular weight is 555 g/mol. The second-order valence-corrected chi connectivity index (χ2v) is 9.26. The largest absolute Gasteiger partial charge is 0.495 e. The lowest BCUT2D eigenvalue weighted by Gasteiger charge is -2.31. The van der Waals surface area contributed by atoms with E-state index in [0.717, 1.165) is 25.2 Å². The number of ether oxygens (including phenoxy) is 1. The van der Waals surface area contributed by atoms with Gasteiger partial charge in [-0.3, -0.25) is 9.59 Å². The topological polar surface area (TPSA) is 67.4 Å².